The Kier molecular flexibility index (Phi) is 15.5. The Bertz CT molecular complexity index is 2180. The lowest BCUT2D eigenvalue weighted by atomic mass is 9.92. The molecule has 10 bridgehead atoms. The van der Waals surface area contributed by atoms with E-state index in [1.54, 1.807) is 71.1 Å². The second-order valence-corrected chi connectivity index (χ2v) is 15.0. The third-order valence-corrected chi connectivity index (χ3v) is 11.9. The van der Waals surface area contributed by atoms with E-state index in [0.717, 1.165) is 84.4 Å². The molecule has 0 fully saturated rings. The van der Waals surface area contributed by atoms with Crippen molar-refractivity contribution >= 4 is 0 Å². The zero-order valence-electron chi connectivity index (χ0n) is 36.7. The van der Waals surface area contributed by atoms with Crippen molar-refractivity contribution in [2.75, 3.05) is 71.1 Å². The van der Waals surface area contributed by atoms with Gasteiger partial charge in [0.05, 0.1) is 66.1 Å². The fourth-order valence-electron chi connectivity index (χ4n) is 8.34. The molecule has 10 heteroatoms. The Morgan fingerprint density at radius 3 is 0.600 bits per heavy atom. The van der Waals surface area contributed by atoms with Crippen molar-refractivity contribution in [3.8, 4) is 28.7 Å². The summed E-state index contributed by atoms with van der Waals surface area (Å²) in [6.07, 6.45) is 2.14. The van der Waals surface area contributed by atoms with Crippen molar-refractivity contribution in [1.82, 2.24) is 0 Å². The summed E-state index contributed by atoms with van der Waals surface area (Å²) in [4.78, 5) is 0. The molecule has 10 nitrogen and oxygen atoms in total. The maximum Gasteiger partial charge on any atom is 0.122 e. The lowest BCUT2D eigenvalue weighted by Crippen LogP contribution is -2.12. The Labute approximate surface area is 355 Å². The molecule has 0 amide bonds. The van der Waals surface area contributed by atoms with Crippen molar-refractivity contribution in [3.63, 3.8) is 0 Å². The number of hydrogen-bond acceptors (Lipinski definition) is 10. The molecule has 14 aliphatic rings. The summed E-state index contributed by atoms with van der Waals surface area (Å²) < 4.78 is 59.9. The van der Waals surface area contributed by atoms with E-state index in [0.29, 0.717) is 32.1 Å². The molecule has 0 spiro atoms. The molecular formula is C50H60O10. The third kappa shape index (κ3) is 9.91. The van der Waals surface area contributed by atoms with Crippen LogP contribution in [-0.2, 0) is 55.8 Å². The molecule has 60 heavy (non-hydrogen) atoms. The minimum atomic E-state index is -0.194. The lowest BCUT2D eigenvalue weighted by molar-refractivity contribution is 0.0991. The summed E-state index contributed by atoms with van der Waals surface area (Å²) in [6, 6.07) is 31.1. The van der Waals surface area contributed by atoms with Crippen LogP contribution in [0, 0.1) is 0 Å². The molecule has 0 saturated carbocycles. The molecule has 0 saturated heterocycles. The number of hydrogen-bond donors (Lipinski definition) is 0. The van der Waals surface area contributed by atoms with Gasteiger partial charge in [0.25, 0.3) is 0 Å². The molecule has 5 atom stereocenters. The average Bonchev–Trinajstić information content (AvgIpc) is 3.29. The monoisotopic (exact) mass is 820 g/mol. The van der Waals surface area contributed by atoms with E-state index >= 15 is 0 Å². The SMILES string of the molecule is COc1cc2ccc3cc(OC)c(ccc4c(OC)cc(ccc5c(OC)cc(ccc6c(OC)cc(ccc1CC2OC)C(OC)C6)C(OC)C5)C(OC)C4)CC3OC. The van der Waals surface area contributed by atoms with E-state index in [4.69, 9.17) is 47.4 Å². The van der Waals surface area contributed by atoms with E-state index in [9.17, 15) is 0 Å². The Hall–Kier alpha value is -5.10. The van der Waals surface area contributed by atoms with Gasteiger partial charge in [0.2, 0.25) is 0 Å². The first kappa shape index (κ1) is 44.5. The highest BCUT2D eigenvalue weighted by molar-refractivity contribution is 5.47. The van der Waals surface area contributed by atoms with Crippen molar-refractivity contribution < 1.29 is 47.4 Å². The average molecular weight is 821 g/mol. The Morgan fingerprint density at radius 2 is 0.433 bits per heavy atom. The second kappa shape index (κ2) is 20.9. The summed E-state index contributed by atoms with van der Waals surface area (Å²) in [7, 11) is 17.1. The van der Waals surface area contributed by atoms with Gasteiger partial charge in [-0.15, -0.1) is 0 Å². The van der Waals surface area contributed by atoms with Gasteiger partial charge >= 0.3 is 0 Å². The van der Waals surface area contributed by atoms with Crippen molar-refractivity contribution in [1.29, 1.82) is 0 Å². The van der Waals surface area contributed by atoms with E-state index < -0.39 is 0 Å². The zero-order valence-corrected chi connectivity index (χ0v) is 36.7. The Balaban J connectivity index is 1.66. The number of rotatable bonds is 10. The van der Waals surface area contributed by atoms with Crippen molar-refractivity contribution in [2.24, 2.45) is 0 Å². The zero-order chi connectivity index (χ0) is 42.8. The first-order valence-electron chi connectivity index (χ1n) is 20.2. The Morgan fingerprint density at radius 1 is 0.267 bits per heavy atom. The van der Waals surface area contributed by atoms with Gasteiger partial charge in [-0.2, -0.15) is 0 Å². The van der Waals surface area contributed by atoms with Gasteiger partial charge in [-0.1, -0.05) is 60.7 Å². The van der Waals surface area contributed by atoms with Gasteiger partial charge < -0.3 is 47.4 Å². The lowest BCUT2D eigenvalue weighted by Gasteiger charge is -2.24. The summed E-state index contributed by atoms with van der Waals surface area (Å²) in [5.41, 5.74) is 10.0. The van der Waals surface area contributed by atoms with E-state index in [-0.39, 0.29) is 30.5 Å². The van der Waals surface area contributed by atoms with Gasteiger partial charge in [0.1, 0.15) is 28.7 Å². The minimum absolute atomic E-state index is 0.192. The van der Waals surface area contributed by atoms with Crippen LogP contribution in [0.15, 0.2) is 91.0 Å². The summed E-state index contributed by atoms with van der Waals surface area (Å²) in [5.74, 6) is 3.84. The molecule has 0 aliphatic heterocycles. The topological polar surface area (TPSA) is 92.3 Å². The standard InChI is InChI=1S/C50H60O10/c1-51-41-21-32-13-14-34-24-46(56-6)36(26-45(34)55-5)17-18-38-28-50(60-10)40(30-49(38)59-9)20-19-39-29-47(57-7)37(27-48(39)58-8)16-15-35-25-43(53-3)33(23-44(35)54-4)12-11-31(41)22-42(32)52-2/h11-21,23-24,27,30,42-43,45,47,50H,22,25-26,28-29H2,1-10H3. The molecular weight excluding hydrogens is 761 g/mol. The van der Waals surface area contributed by atoms with E-state index in [1.807, 2.05) is 30.3 Å². The third-order valence-electron chi connectivity index (χ3n) is 11.9. The van der Waals surface area contributed by atoms with Crippen LogP contribution < -0.4 is 23.7 Å². The van der Waals surface area contributed by atoms with Crippen LogP contribution in [0.3, 0.4) is 0 Å². The van der Waals surface area contributed by atoms with Crippen molar-refractivity contribution in [2.45, 2.75) is 62.6 Å². The highest BCUT2D eigenvalue weighted by Crippen LogP contribution is 2.39. The van der Waals surface area contributed by atoms with Crippen LogP contribution >= 0.6 is 0 Å². The molecule has 320 valence electrons. The van der Waals surface area contributed by atoms with Gasteiger partial charge in [-0.3, -0.25) is 0 Å². The fraction of sp³-hybridized carbons (Fsp3) is 0.400. The van der Waals surface area contributed by atoms with Crippen molar-refractivity contribution in [3.05, 3.63) is 147 Å². The number of methoxy groups -OCH3 is 10. The molecule has 0 N–H and O–H groups in total. The van der Waals surface area contributed by atoms with E-state index in [1.165, 1.54) is 0 Å². The molecule has 1 aromatic rings. The molecule has 5 unspecified atom stereocenters. The first-order valence-corrected chi connectivity index (χ1v) is 20.2. The maximum absolute atomic E-state index is 6.04. The molecule has 15 rings (SSSR count). The van der Waals surface area contributed by atoms with Gasteiger partial charge in [-0.25, -0.2) is 0 Å². The van der Waals surface area contributed by atoms with Crippen LogP contribution in [-0.4, -0.2) is 71.1 Å². The second-order valence-electron chi connectivity index (χ2n) is 15.0. The highest BCUT2D eigenvalue weighted by Gasteiger charge is 2.25. The molecule has 14 aliphatic carbocycles. The minimum Gasteiger partial charge on any atom is -0.496 e. The summed E-state index contributed by atoms with van der Waals surface area (Å²) in [6.45, 7) is 0. The number of ether oxygens (including phenoxy) is 10. The molecule has 0 aromatic heterocycles. The van der Waals surface area contributed by atoms with Crippen LogP contribution in [0.25, 0.3) is 0 Å². The van der Waals surface area contributed by atoms with Gasteiger partial charge in [-0.05, 0) is 86.0 Å². The predicted molar refractivity (Wildman–Crippen MR) is 232 cm³/mol. The fourth-order valence-corrected chi connectivity index (χ4v) is 8.34. The van der Waals surface area contributed by atoms with Gasteiger partial charge in [0, 0.05) is 67.7 Å². The van der Waals surface area contributed by atoms with Crippen LogP contribution in [0.4, 0.5) is 0 Å². The molecule has 0 heterocycles. The van der Waals surface area contributed by atoms with Crippen LogP contribution in [0.1, 0.15) is 86.2 Å². The quantitative estimate of drug-likeness (QED) is 0.227. The maximum atomic E-state index is 6.04. The highest BCUT2D eigenvalue weighted by atomic mass is 16.5. The van der Waals surface area contributed by atoms with Gasteiger partial charge in [0.15, 0.2) is 0 Å². The van der Waals surface area contributed by atoms with E-state index in [2.05, 4.69) is 60.7 Å². The molecule has 0 radical (unpaired) electrons. The summed E-state index contributed by atoms with van der Waals surface area (Å²) >= 11 is 0. The normalized spacial score (nSPS) is 19.7. The summed E-state index contributed by atoms with van der Waals surface area (Å²) in [5, 5.41) is 0. The molecule has 1 aromatic carbocycles. The predicted octanol–water partition coefficient (Wildman–Crippen LogP) is 9.69. The largest absolute Gasteiger partial charge is 0.496 e. The smallest absolute Gasteiger partial charge is 0.122 e. The van der Waals surface area contributed by atoms with Crippen LogP contribution in [0.2, 0.25) is 0 Å². The first-order chi connectivity index (χ1) is 29.2. The van der Waals surface area contributed by atoms with Crippen LogP contribution in [0.5, 0.6) is 28.7 Å².